The number of carbonyl (C=O) groups is 3. The van der Waals surface area contributed by atoms with Crippen LogP contribution in [-0.4, -0.2) is 59.0 Å². The summed E-state index contributed by atoms with van der Waals surface area (Å²) < 4.78 is 11.0. The van der Waals surface area contributed by atoms with E-state index in [2.05, 4.69) is 4.90 Å². The van der Waals surface area contributed by atoms with Gasteiger partial charge in [0.05, 0.1) is 5.41 Å². The predicted molar refractivity (Wildman–Crippen MR) is 132 cm³/mol. The number of piperidine rings is 1. The number of benzene rings is 1. The number of likely N-dealkylation sites (tertiary alicyclic amines) is 2. The van der Waals surface area contributed by atoms with Crippen molar-refractivity contribution in [3.8, 4) is 0 Å². The van der Waals surface area contributed by atoms with Gasteiger partial charge >= 0.3 is 12.1 Å². The van der Waals surface area contributed by atoms with Gasteiger partial charge in [-0.15, -0.1) is 0 Å². The Labute approximate surface area is 209 Å². The second-order valence-electron chi connectivity index (χ2n) is 11.5. The third-order valence-electron chi connectivity index (χ3n) is 7.75. The molecule has 2 unspecified atom stereocenters. The van der Waals surface area contributed by atoms with Crippen LogP contribution in [0.15, 0.2) is 30.3 Å². The molecular formula is C28H40N2O5. The summed E-state index contributed by atoms with van der Waals surface area (Å²) in [5.41, 5.74) is 0.155. The number of rotatable bonds is 5. The van der Waals surface area contributed by atoms with E-state index in [0.29, 0.717) is 26.1 Å². The highest BCUT2D eigenvalue weighted by atomic mass is 16.6. The average Bonchev–Trinajstić information content (AvgIpc) is 3.12. The first-order chi connectivity index (χ1) is 16.7. The summed E-state index contributed by atoms with van der Waals surface area (Å²) in [6.45, 7) is 7.94. The van der Waals surface area contributed by atoms with E-state index in [1.54, 1.807) is 4.90 Å². The zero-order valence-corrected chi connectivity index (χ0v) is 21.5. The summed E-state index contributed by atoms with van der Waals surface area (Å²) in [6.07, 6.45) is 6.20. The first kappa shape index (κ1) is 25.5. The van der Waals surface area contributed by atoms with Gasteiger partial charge in [0, 0.05) is 32.1 Å². The van der Waals surface area contributed by atoms with Crippen molar-refractivity contribution in [3.05, 3.63) is 35.9 Å². The molecule has 1 spiro atoms. The largest absolute Gasteiger partial charge is 0.461 e. The van der Waals surface area contributed by atoms with Crippen LogP contribution in [0, 0.1) is 11.3 Å². The van der Waals surface area contributed by atoms with Crippen molar-refractivity contribution in [1.82, 2.24) is 9.80 Å². The van der Waals surface area contributed by atoms with Gasteiger partial charge < -0.3 is 19.3 Å². The molecule has 0 aromatic heterocycles. The molecule has 2 saturated heterocycles. The fraction of sp³-hybridized carbons (Fsp3) is 0.679. The van der Waals surface area contributed by atoms with Gasteiger partial charge in [-0.2, -0.15) is 0 Å². The molecule has 2 heterocycles. The van der Waals surface area contributed by atoms with Crippen molar-refractivity contribution in [1.29, 1.82) is 0 Å². The molecule has 1 aliphatic carbocycles. The van der Waals surface area contributed by atoms with E-state index in [1.807, 2.05) is 51.1 Å². The SMILES string of the molecule is CC(C)(C)OC(=O)N1CCC(N2CCC3(CCCC(CC(=O)OCc4ccccc4)C3)C2=O)CC1. The summed E-state index contributed by atoms with van der Waals surface area (Å²) >= 11 is 0. The quantitative estimate of drug-likeness (QED) is 0.554. The lowest BCUT2D eigenvalue weighted by Gasteiger charge is -2.40. The standard InChI is InChI=1S/C28H40N2O5/c1-27(2,3)35-26(33)29-15-11-23(12-16-29)30-17-14-28(25(30)32)13-7-10-22(19-28)18-24(31)34-20-21-8-5-4-6-9-21/h4-6,8-9,22-23H,7,10-20H2,1-3H3. The third-order valence-corrected chi connectivity index (χ3v) is 7.75. The monoisotopic (exact) mass is 484 g/mol. The number of carbonyl (C=O) groups excluding carboxylic acids is 3. The first-order valence-electron chi connectivity index (χ1n) is 13.1. The van der Waals surface area contributed by atoms with Crippen molar-refractivity contribution in [2.75, 3.05) is 19.6 Å². The van der Waals surface area contributed by atoms with E-state index in [1.165, 1.54) is 0 Å². The van der Waals surface area contributed by atoms with E-state index in [4.69, 9.17) is 9.47 Å². The Hall–Kier alpha value is -2.57. The average molecular weight is 485 g/mol. The van der Waals surface area contributed by atoms with Gasteiger partial charge in [-0.05, 0) is 70.8 Å². The lowest BCUT2D eigenvalue weighted by atomic mass is 9.68. The Balaban J connectivity index is 1.27. The molecule has 2 aliphatic heterocycles. The molecule has 7 nitrogen and oxygen atoms in total. The second-order valence-corrected chi connectivity index (χ2v) is 11.5. The molecule has 0 bridgehead atoms. The highest BCUT2D eigenvalue weighted by Gasteiger charge is 2.51. The maximum atomic E-state index is 13.6. The second kappa shape index (κ2) is 10.6. The van der Waals surface area contributed by atoms with Crippen LogP contribution in [-0.2, 0) is 25.7 Å². The maximum absolute atomic E-state index is 13.6. The van der Waals surface area contributed by atoms with Crippen molar-refractivity contribution in [3.63, 3.8) is 0 Å². The fourth-order valence-corrected chi connectivity index (χ4v) is 6.00. The van der Waals surface area contributed by atoms with Gasteiger partial charge in [0.2, 0.25) is 5.91 Å². The summed E-state index contributed by atoms with van der Waals surface area (Å²) in [7, 11) is 0. The number of amides is 2. The lowest BCUT2D eigenvalue weighted by molar-refractivity contribution is -0.148. The van der Waals surface area contributed by atoms with Crippen LogP contribution in [0.25, 0.3) is 0 Å². The summed E-state index contributed by atoms with van der Waals surface area (Å²) in [5.74, 6) is 0.285. The fourth-order valence-electron chi connectivity index (χ4n) is 6.00. The van der Waals surface area contributed by atoms with Crippen LogP contribution in [0.4, 0.5) is 4.79 Å². The van der Waals surface area contributed by atoms with Crippen molar-refractivity contribution in [2.45, 2.75) is 90.4 Å². The van der Waals surface area contributed by atoms with Crippen LogP contribution in [0.2, 0.25) is 0 Å². The Bertz CT molecular complexity index is 904. The molecular weight excluding hydrogens is 444 g/mol. The van der Waals surface area contributed by atoms with Crippen molar-refractivity contribution >= 4 is 18.0 Å². The van der Waals surface area contributed by atoms with Gasteiger partial charge in [-0.1, -0.05) is 36.8 Å². The van der Waals surface area contributed by atoms with E-state index in [0.717, 1.165) is 57.1 Å². The van der Waals surface area contributed by atoms with Gasteiger partial charge in [-0.25, -0.2) is 4.79 Å². The zero-order chi connectivity index (χ0) is 25.1. The molecule has 7 heteroatoms. The predicted octanol–water partition coefficient (Wildman–Crippen LogP) is 4.93. The molecule has 3 aliphatic rings. The van der Waals surface area contributed by atoms with Crippen LogP contribution in [0.1, 0.15) is 77.7 Å². The molecule has 4 rings (SSSR count). The van der Waals surface area contributed by atoms with Crippen molar-refractivity contribution < 1.29 is 23.9 Å². The third kappa shape index (κ3) is 6.36. The Morgan fingerprint density at radius 1 is 1.03 bits per heavy atom. The normalized spacial score (nSPS) is 25.7. The van der Waals surface area contributed by atoms with E-state index in [9.17, 15) is 14.4 Å². The molecule has 1 aromatic carbocycles. The smallest absolute Gasteiger partial charge is 0.410 e. The van der Waals surface area contributed by atoms with Crippen LogP contribution in [0.5, 0.6) is 0 Å². The minimum absolute atomic E-state index is 0.173. The highest BCUT2D eigenvalue weighted by Crippen LogP contribution is 2.48. The number of esters is 1. The van der Waals surface area contributed by atoms with E-state index >= 15 is 0 Å². The van der Waals surface area contributed by atoms with Crippen LogP contribution >= 0.6 is 0 Å². The first-order valence-corrected chi connectivity index (χ1v) is 13.1. The summed E-state index contributed by atoms with van der Waals surface area (Å²) in [6, 6.07) is 9.90. The molecule has 192 valence electrons. The Morgan fingerprint density at radius 2 is 1.74 bits per heavy atom. The Kier molecular flexibility index (Phi) is 7.72. The Morgan fingerprint density at radius 3 is 2.43 bits per heavy atom. The molecule has 35 heavy (non-hydrogen) atoms. The van der Waals surface area contributed by atoms with Gasteiger partial charge in [0.15, 0.2) is 0 Å². The highest BCUT2D eigenvalue weighted by molar-refractivity contribution is 5.85. The zero-order valence-electron chi connectivity index (χ0n) is 21.5. The van der Waals surface area contributed by atoms with E-state index in [-0.39, 0.29) is 35.3 Å². The number of ether oxygens (including phenoxy) is 2. The summed E-state index contributed by atoms with van der Waals surface area (Å²) in [5, 5.41) is 0. The molecule has 0 radical (unpaired) electrons. The minimum Gasteiger partial charge on any atom is -0.461 e. The maximum Gasteiger partial charge on any atom is 0.410 e. The topological polar surface area (TPSA) is 76.2 Å². The van der Waals surface area contributed by atoms with Crippen LogP contribution in [0.3, 0.4) is 0 Å². The molecule has 1 saturated carbocycles. The number of hydrogen-bond donors (Lipinski definition) is 0. The summed E-state index contributed by atoms with van der Waals surface area (Å²) in [4.78, 5) is 42.3. The lowest BCUT2D eigenvalue weighted by Crippen LogP contribution is -2.50. The van der Waals surface area contributed by atoms with E-state index < -0.39 is 5.60 Å². The van der Waals surface area contributed by atoms with Gasteiger partial charge in [0.25, 0.3) is 0 Å². The molecule has 2 amide bonds. The number of nitrogens with zero attached hydrogens (tertiary/aromatic N) is 2. The van der Waals surface area contributed by atoms with Crippen molar-refractivity contribution in [2.24, 2.45) is 11.3 Å². The molecule has 2 atom stereocenters. The molecule has 0 N–H and O–H groups in total. The number of hydrogen-bond acceptors (Lipinski definition) is 5. The van der Waals surface area contributed by atoms with Gasteiger partial charge in [-0.3, -0.25) is 9.59 Å². The van der Waals surface area contributed by atoms with Gasteiger partial charge in [0.1, 0.15) is 12.2 Å². The molecule has 1 aromatic rings. The minimum atomic E-state index is -0.503. The van der Waals surface area contributed by atoms with Crippen LogP contribution < -0.4 is 0 Å². The molecule has 3 fully saturated rings.